The molecule has 3 rings (SSSR count). The van der Waals surface area contributed by atoms with Gasteiger partial charge in [0, 0.05) is 0 Å². The van der Waals surface area contributed by atoms with E-state index in [1.165, 1.54) is 12.1 Å². The molecule has 2 aromatic carbocycles. The van der Waals surface area contributed by atoms with Crippen molar-refractivity contribution in [2.24, 2.45) is 0 Å². The van der Waals surface area contributed by atoms with E-state index < -0.39 is 52.1 Å². The van der Waals surface area contributed by atoms with Crippen LogP contribution in [0.3, 0.4) is 0 Å². The van der Waals surface area contributed by atoms with Gasteiger partial charge in [0.25, 0.3) is 0 Å². The fourth-order valence-corrected chi connectivity index (χ4v) is 8.89. The van der Waals surface area contributed by atoms with Crippen LogP contribution in [0.15, 0.2) is 47.4 Å². The number of fused-ring (bicyclic) bond motifs is 1. The number of benzene rings is 2. The number of hydrogen-bond acceptors (Lipinski definition) is 8. The third-order valence-corrected chi connectivity index (χ3v) is 11.1. The third-order valence-electron chi connectivity index (χ3n) is 3.35. The summed E-state index contributed by atoms with van der Waals surface area (Å²) in [5.74, 6) is 0. The molecular formula is C13H13NaO8S3. The summed E-state index contributed by atoms with van der Waals surface area (Å²) in [7, 11) is -14.7. The van der Waals surface area contributed by atoms with Gasteiger partial charge in [0.2, 0.25) is 9.84 Å². The molecule has 2 aromatic rings. The van der Waals surface area contributed by atoms with Crippen LogP contribution in [0.25, 0.3) is 10.8 Å². The Morgan fingerprint density at radius 2 is 1.40 bits per heavy atom. The van der Waals surface area contributed by atoms with Crippen molar-refractivity contribution in [1.29, 1.82) is 0 Å². The maximum Gasteiger partial charge on any atom is 1.00 e. The SMILES string of the molecule is O=S1(=O)OCCOS(=O)(=O)C1S(=O)(=O)c1ccc2ccccc2c1.[H-].[Na+]. The van der Waals surface area contributed by atoms with Gasteiger partial charge >= 0.3 is 53.7 Å². The molecule has 1 saturated heterocycles. The van der Waals surface area contributed by atoms with Crippen molar-refractivity contribution < 1.29 is 64.6 Å². The van der Waals surface area contributed by atoms with E-state index in [0.717, 1.165) is 11.5 Å². The van der Waals surface area contributed by atoms with Crippen molar-refractivity contribution in [2.75, 3.05) is 13.2 Å². The maximum atomic E-state index is 12.7. The minimum absolute atomic E-state index is 0. The zero-order chi connectivity index (χ0) is 17.6. The largest absolute Gasteiger partial charge is 1.00 e. The minimum Gasteiger partial charge on any atom is -1.00 e. The van der Waals surface area contributed by atoms with Crippen LogP contribution >= 0.6 is 0 Å². The number of sulfone groups is 1. The standard InChI is InChI=1S/C13H12O8S3.Na.H/c14-22(15,12-6-5-10-3-1-2-4-11(10)9-12)13-23(16,17)20-7-8-21-24(13,18)19;;/h1-6,9,13H,7-8H2;;/q;+1;-1. The van der Waals surface area contributed by atoms with Gasteiger partial charge in [0.15, 0.2) is 0 Å². The minimum atomic E-state index is -4.93. The Labute approximate surface area is 169 Å². The average molecular weight is 416 g/mol. The van der Waals surface area contributed by atoms with Gasteiger partial charge < -0.3 is 1.43 Å². The van der Waals surface area contributed by atoms with Crippen LogP contribution in [0.1, 0.15) is 1.43 Å². The van der Waals surface area contributed by atoms with Gasteiger partial charge in [-0.15, -0.1) is 0 Å². The molecule has 0 radical (unpaired) electrons. The third kappa shape index (κ3) is 3.93. The molecule has 0 aromatic heterocycles. The molecule has 0 aliphatic carbocycles. The summed E-state index contributed by atoms with van der Waals surface area (Å²) in [5, 5.41) is 1.24. The molecule has 0 unspecified atom stereocenters. The van der Waals surface area contributed by atoms with E-state index in [4.69, 9.17) is 0 Å². The summed E-state index contributed by atoms with van der Waals surface area (Å²) in [6, 6.07) is 10.6. The second-order valence-corrected chi connectivity index (χ2v) is 11.3. The van der Waals surface area contributed by atoms with E-state index in [1.807, 2.05) is 0 Å². The van der Waals surface area contributed by atoms with Crippen LogP contribution in [-0.2, 0) is 38.4 Å². The molecule has 1 aliphatic rings. The molecular weight excluding hydrogens is 403 g/mol. The smallest absolute Gasteiger partial charge is 1.00 e. The monoisotopic (exact) mass is 416 g/mol. The second kappa shape index (κ2) is 7.24. The van der Waals surface area contributed by atoms with Gasteiger partial charge in [0.1, 0.15) is 0 Å². The van der Waals surface area contributed by atoms with Crippen molar-refractivity contribution in [3.63, 3.8) is 0 Å². The number of rotatable bonds is 2. The molecule has 0 saturated carbocycles. The molecule has 1 aliphatic heterocycles. The summed E-state index contributed by atoms with van der Waals surface area (Å²) in [4.78, 5) is -0.451. The van der Waals surface area contributed by atoms with Crippen LogP contribution in [-0.4, -0.2) is 42.4 Å². The summed E-state index contributed by atoms with van der Waals surface area (Å²) in [6.45, 7) is -1.16. The van der Waals surface area contributed by atoms with Crippen molar-refractivity contribution in [2.45, 2.75) is 8.81 Å². The maximum absolute atomic E-state index is 12.7. The Hall–Kier alpha value is -0.530. The molecule has 12 heteroatoms. The van der Waals surface area contributed by atoms with Crippen LogP contribution in [0.5, 0.6) is 0 Å². The normalized spacial score (nSPS) is 20.5. The molecule has 0 amide bonds. The molecule has 25 heavy (non-hydrogen) atoms. The van der Waals surface area contributed by atoms with E-state index >= 15 is 0 Å². The Bertz CT molecular complexity index is 1080. The molecule has 0 bridgehead atoms. The first-order chi connectivity index (χ1) is 11.1. The van der Waals surface area contributed by atoms with Gasteiger partial charge in [-0.2, -0.15) is 16.8 Å². The molecule has 1 fully saturated rings. The first-order valence-electron chi connectivity index (χ1n) is 6.64. The molecule has 8 nitrogen and oxygen atoms in total. The number of hydrogen-bond donors (Lipinski definition) is 0. The van der Waals surface area contributed by atoms with E-state index in [0.29, 0.717) is 5.39 Å². The topological polar surface area (TPSA) is 121 Å². The van der Waals surface area contributed by atoms with Gasteiger partial charge in [-0.3, -0.25) is 8.37 Å². The van der Waals surface area contributed by atoms with Crippen molar-refractivity contribution in [3.8, 4) is 0 Å². The van der Waals surface area contributed by atoms with Gasteiger partial charge in [-0.1, -0.05) is 30.3 Å². The van der Waals surface area contributed by atoms with E-state index in [2.05, 4.69) is 8.37 Å². The van der Waals surface area contributed by atoms with Gasteiger partial charge in [-0.25, -0.2) is 8.42 Å². The predicted octanol–water partition coefficient (Wildman–Crippen LogP) is -2.28. The first kappa shape index (κ1) is 20.8. The Morgan fingerprint density at radius 3 is 1.96 bits per heavy atom. The zero-order valence-electron chi connectivity index (χ0n) is 14.0. The van der Waals surface area contributed by atoms with Crippen LogP contribution in [0, 0.1) is 0 Å². The van der Waals surface area contributed by atoms with E-state index in [1.54, 1.807) is 24.3 Å². The van der Waals surface area contributed by atoms with Crippen molar-refractivity contribution >= 4 is 40.8 Å². The summed E-state index contributed by atoms with van der Waals surface area (Å²) in [5.41, 5.74) is 0. The molecule has 1 heterocycles. The quantitative estimate of drug-likeness (QED) is 0.397. The Morgan fingerprint density at radius 1 is 0.880 bits per heavy atom. The van der Waals surface area contributed by atoms with E-state index in [-0.39, 0.29) is 31.0 Å². The summed E-state index contributed by atoms with van der Waals surface area (Å²) >= 11 is 0. The fraction of sp³-hybridized carbons (Fsp3) is 0.231. The zero-order valence-corrected chi connectivity index (χ0v) is 17.5. The van der Waals surface area contributed by atoms with Gasteiger partial charge in [-0.05, 0) is 22.9 Å². The predicted molar refractivity (Wildman–Crippen MR) is 85.8 cm³/mol. The Kier molecular flexibility index (Phi) is 6.01. The van der Waals surface area contributed by atoms with Crippen LogP contribution < -0.4 is 29.6 Å². The molecule has 0 N–H and O–H groups in total. The Balaban J connectivity index is 0.00000169. The summed E-state index contributed by atoms with van der Waals surface area (Å²) in [6.07, 6.45) is 0. The first-order valence-corrected chi connectivity index (χ1v) is 11.1. The molecule has 0 spiro atoms. The fourth-order valence-electron chi connectivity index (χ4n) is 2.32. The summed E-state index contributed by atoms with van der Waals surface area (Å²) < 4.78 is 79.5. The van der Waals surface area contributed by atoms with E-state index in [9.17, 15) is 25.3 Å². The second-order valence-electron chi connectivity index (χ2n) is 4.97. The van der Waals surface area contributed by atoms with Gasteiger partial charge in [0.05, 0.1) is 18.1 Å². The van der Waals surface area contributed by atoms with Crippen LogP contribution in [0.4, 0.5) is 0 Å². The average Bonchev–Trinajstić information content (AvgIpc) is 2.61. The van der Waals surface area contributed by atoms with Crippen LogP contribution in [0.2, 0.25) is 0 Å². The van der Waals surface area contributed by atoms with Crippen molar-refractivity contribution in [1.82, 2.24) is 0 Å². The molecule has 0 atom stereocenters. The van der Waals surface area contributed by atoms with Crippen molar-refractivity contribution in [3.05, 3.63) is 42.5 Å². The molecule has 132 valence electrons.